The fraction of sp³-hybridized carbons (Fsp3) is 0.400. The first kappa shape index (κ1) is 11.7. The number of amides is 1. The molecule has 1 atom stereocenters. The van der Waals surface area contributed by atoms with Crippen LogP contribution in [0.5, 0.6) is 0 Å². The van der Waals surface area contributed by atoms with Gasteiger partial charge in [0.1, 0.15) is 0 Å². The smallest absolute Gasteiger partial charge is 0.229 e. The summed E-state index contributed by atoms with van der Waals surface area (Å²) >= 11 is 7.66. The number of thiol groups is 1. The number of nitrogens with two attached hydrogens (primary N) is 1. The number of hydrogen-bond donors (Lipinski definition) is 2. The van der Waals surface area contributed by atoms with Gasteiger partial charge in [-0.2, -0.15) is 12.6 Å². The van der Waals surface area contributed by atoms with E-state index in [9.17, 15) is 4.79 Å². The van der Waals surface area contributed by atoms with Crippen molar-refractivity contribution in [1.29, 1.82) is 0 Å². The van der Waals surface area contributed by atoms with Crippen LogP contribution in [0.25, 0.3) is 0 Å². The highest BCUT2D eigenvalue weighted by atomic mass is 79.9. The second kappa shape index (κ2) is 4.25. The number of carbonyl (C=O) groups excluding carboxylic acids is 1. The number of aryl methyl sites for hydroxylation is 1. The highest BCUT2D eigenvalue weighted by Crippen LogP contribution is 2.30. The minimum Gasteiger partial charge on any atom is -0.396 e. The molecule has 0 aromatic carbocycles. The van der Waals surface area contributed by atoms with Crippen LogP contribution in [0, 0.1) is 6.92 Å². The minimum atomic E-state index is 0.0286. The Morgan fingerprint density at radius 2 is 2.38 bits per heavy atom. The van der Waals surface area contributed by atoms with Crippen molar-refractivity contribution < 1.29 is 4.79 Å². The molecule has 0 radical (unpaired) electrons. The van der Waals surface area contributed by atoms with Crippen LogP contribution < -0.4 is 10.6 Å². The average molecular weight is 302 g/mol. The Morgan fingerprint density at radius 1 is 1.69 bits per heavy atom. The van der Waals surface area contributed by atoms with E-state index in [4.69, 9.17) is 5.73 Å². The van der Waals surface area contributed by atoms with Crippen molar-refractivity contribution >= 4 is 46.0 Å². The molecule has 1 aromatic rings. The van der Waals surface area contributed by atoms with E-state index in [2.05, 4.69) is 33.5 Å². The lowest BCUT2D eigenvalue weighted by Gasteiger charge is -2.17. The molecule has 4 nitrogen and oxygen atoms in total. The average Bonchev–Trinajstić information content (AvgIpc) is 2.51. The summed E-state index contributed by atoms with van der Waals surface area (Å²) in [6, 6.07) is 1.77. The summed E-state index contributed by atoms with van der Waals surface area (Å²) in [5.74, 6) is 0.572. The molecule has 2 N–H and O–H groups in total. The van der Waals surface area contributed by atoms with E-state index < -0.39 is 0 Å². The Labute approximate surface area is 108 Å². The van der Waals surface area contributed by atoms with E-state index in [1.165, 1.54) is 0 Å². The predicted molar refractivity (Wildman–Crippen MR) is 70.8 cm³/mol. The first-order chi connectivity index (χ1) is 7.49. The van der Waals surface area contributed by atoms with Gasteiger partial charge in [0, 0.05) is 22.7 Å². The lowest BCUT2D eigenvalue weighted by atomic mass is 10.3. The zero-order chi connectivity index (χ0) is 11.9. The Hall–Kier alpha value is -0.750. The van der Waals surface area contributed by atoms with E-state index in [-0.39, 0.29) is 11.2 Å². The largest absolute Gasteiger partial charge is 0.396 e. The number of aromatic nitrogens is 1. The molecule has 86 valence electrons. The molecular formula is C10H12BrN3OS. The normalized spacial score (nSPS) is 20.6. The van der Waals surface area contributed by atoms with Crippen molar-refractivity contribution in [2.45, 2.75) is 18.6 Å². The molecule has 1 saturated heterocycles. The van der Waals surface area contributed by atoms with Gasteiger partial charge in [-0.3, -0.25) is 9.69 Å². The molecule has 1 unspecified atom stereocenters. The zero-order valence-electron chi connectivity index (χ0n) is 8.77. The van der Waals surface area contributed by atoms with Crippen molar-refractivity contribution in [3.05, 3.63) is 16.2 Å². The molecule has 1 fully saturated rings. The van der Waals surface area contributed by atoms with Crippen LogP contribution in [0.3, 0.4) is 0 Å². The third-order valence-electron chi connectivity index (χ3n) is 2.52. The van der Waals surface area contributed by atoms with Gasteiger partial charge in [0.15, 0.2) is 5.82 Å². The highest BCUT2D eigenvalue weighted by Gasteiger charge is 2.30. The van der Waals surface area contributed by atoms with Crippen molar-refractivity contribution in [1.82, 2.24) is 4.98 Å². The summed E-state index contributed by atoms with van der Waals surface area (Å²) in [5.41, 5.74) is 7.19. The monoisotopic (exact) mass is 301 g/mol. The third kappa shape index (κ3) is 2.04. The number of nitrogens with zero attached hydrogens (tertiary/aromatic N) is 2. The molecule has 1 aromatic heterocycles. The first-order valence-corrected chi connectivity index (χ1v) is 6.21. The number of anilines is 2. The Kier molecular flexibility index (Phi) is 3.12. The maximum Gasteiger partial charge on any atom is 0.229 e. The van der Waals surface area contributed by atoms with Crippen LogP contribution >= 0.6 is 28.6 Å². The molecule has 0 aliphatic carbocycles. The van der Waals surface area contributed by atoms with Crippen molar-refractivity contribution in [2.75, 3.05) is 17.2 Å². The number of carbonyl (C=O) groups is 1. The van der Waals surface area contributed by atoms with Crippen molar-refractivity contribution in [3.63, 3.8) is 0 Å². The topological polar surface area (TPSA) is 59.2 Å². The third-order valence-corrected chi connectivity index (χ3v) is 3.67. The van der Waals surface area contributed by atoms with Crippen LogP contribution in [0.15, 0.2) is 10.5 Å². The second-order valence-electron chi connectivity index (χ2n) is 3.83. The fourth-order valence-corrected chi connectivity index (χ4v) is 2.35. The first-order valence-electron chi connectivity index (χ1n) is 4.90. The molecule has 6 heteroatoms. The number of pyridine rings is 1. The number of rotatable bonds is 1. The van der Waals surface area contributed by atoms with E-state index in [1.54, 1.807) is 11.0 Å². The quantitative estimate of drug-likeness (QED) is 0.777. The van der Waals surface area contributed by atoms with Gasteiger partial charge in [-0.05, 0) is 28.9 Å². The van der Waals surface area contributed by atoms with E-state index in [0.717, 1.165) is 10.2 Å². The number of halogens is 1. The molecule has 1 aliphatic heterocycles. The predicted octanol–water partition coefficient (Wildman–Crippen LogP) is 1.77. The van der Waals surface area contributed by atoms with Crippen LogP contribution in [0.4, 0.5) is 11.5 Å². The fourth-order valence-electron chi connectivity index (χ4n) is 1.69. The van der Waals surface area contributed by atoms with Crippen LogP contribution in [-0.4, -0.2) is 22.7 Å². The number of hydrogen-bond acceptors (Lipinski definition) is 4. The Balaban J connectivity index is 2.41. The molecule has 2 heterocycles. The van der Waals surface area contributed by atoms with Crippen molar-refractivity contribution in [3.8, 4) is 0 Å². The van der Waals surface area contributed by atoms with Gasteiger partial charge in [0.2, 0.25) is 5.91 Å². The van der Waals surface area contributed by atoms with Gasteiger partial charge >= 0.3 is 0 Å². The van der Waals surface area contributed by atoms with Crippen LogP contribution in [0.2, 0.25) is 0 Å². The Morgan fingerprint density at radius 3 is 2.94 bits per heavy atom. The van der Waals surface area contributed by atoms with Gasteiger partial charge in [-0.15, -0.1) is 0 Å². The standard InChI is InChI=1S/C10H12BrN3OS/c1-5-7(11)3-8(12)10(13-5)14-4-6(16)2-9(14)15/h3,6,16H,2,4,12H2,1H3. The summed E-state index contributed by atoms with van der Waals surface area (Å²) in [7, 11) is 0. The van der Waals surface area contributed by atoms with E-state index in [1.807, 2.05) is 6.92 Å². The maximum absolute atomic E-state index is 11.7. The molecule has 0 spiro atoms. The summed E-state index contributed by atoms with van der Waals surface area (Å²) in [5, 5.41) is 0.0673. The maximum atomic E-state index is 11.7. The van der Waals surface area contributed by atoms with Gasteiger partial charge < -0.3 is 5.73 Å². The van der Waals surface area contributed by atoms with Crippen LogP contribution in [-0.2, 0) is 4.79 Å². The van der Waals surface area contributed by atoms with Gasteiger partial charge in [0.25, 0.3) is 0 Å². The zero-order valence-corrected chi connectivity index (χ0v) is 11.3. The molecule has 1 amide bonds. The summed E-state index contributed by atoms with van der Waals surface area (Å²) in [6.07, 6.45) is 0.444. The molecular weight excluding hydrogens is 290 g/mol. The van der Waals surface area contributed by atoms with E-state index in [0.29, 0.717) is 24.5 Å². The SMILES string of the molecule is Cc1nc(N2CC(S)CC2=O)c(N)cc1Br. The Bertz CT molecular complexity index is 452. The van der Waals surface area contributed by atoms with E-state index >= 15 is 0 Å². The summed E-state index contributed by atoms with van der Waals surface area (Å²) < 4.78 is 0.850. The molecule has 16 heavy (non-hydrogen) atoms. The van der Waals surface area contributed by atoms with Crippen LogP contribution in [0.1, 0.15) is 12.1 Å². The van der Waals surface area contributed by atoms with Crippen molar-refractivity contribution in [2.24, 2.45) is 0 Å². The molecule has 1 aliphatic rings. The lowest BCUT2D eigenvalue weighted by molar-refractivity contribution is -0.117. The summed E-state index contributed by atoms with van der Waals surface area (Å²) in [6.45, 7) is 2.44. The summed E-state index contributed by atoms with van der Waals surface area (Å²) in [4.78, 5) is 17.6. The van der Waals surface area contributed by atoms with Gasteiger partial charge in [0.05, 0.1) is 11.4 Å². The highest BCUT2D eigenvalue weighted by molar-refractivity contribution is 9.10. The molecule has 2 rings (SSSR count). The minimum absolute atomic E-state index is 0.0286. The second-order valence-corrected chi connectivity index (χ2v) is 5.42. The lowest BCUT2D eigenvalue weighted by Crippen LogP contribution is -2.27. The molecule has 0 bridgehead atoms. The van der Waals surface area contributed by atoms with Gasteiger partial charge in [-0.1, -0.05) is 0 Å². The number of nitrogen functional groups attached to an aromatic ring is 1. The molecule has 0 saturated carbocycles. The van der Waals surface area contributed by atoms with Gasteiger partial charge in [-0.25, -0.2) is 4.98 Å².